The van der Waals surface area contributed by atoms with Gasteiger partial charge in [-0.25, -0.2) is 9.59 Å². The van der Waals surface area contributed by atoms with Gasteiger partial charge in [0.15, 0.2) is 0 Å². The number of aromatic nitrogens is 2. The van der Waals surface area contributed by atoms with Crippen molar-refractivity contribution >= 4 is 45.9 Å². The second kappa shape index (κ2) is 9.31. The highest BCUT2D eigenvalue weighted by atomic mass is 16.5. The van der Waals surface area contributed by atoms with Gasteiger partial charge < -0.3 is 14.0 Å². The first kappa shape index (κ1) is 21.1. The fourth-order valence-electron chi connectivity index (χ4n) is 3.62. The molecule has 2 aromatic carbocycles. The Kier molecular flexibility index (Phi) is 6.12. The van der Waals surface area contributed by atoms with Crippen LogP contribution in [-0.2, 0) is 25.6 Å². The molecular weight excluding hydrogens is 404 g/mol. The van der Waals surface area contributed by atoms with Crippen LogP contribution < -0.4 is 0 Å². The molecule has 4 aromatic rings. The van der Waals surface area contributed by atoms with Gasteiger partial charge in [-0.2, -0.15) is 0 Å². The molecule has 0 radical (unpaired) electrons. The molecule has 0 bridgehead atoms. The number of fused-ring (bicyclic) bond motifs is 2. The van der Waals surface area contributed by atoms with Crippen molar-refractivity contribution in [2.75, 3.05) is 14.2 Å². The van der Waals surface area contributed by atoms with E-state index in [1.54, 1.807) is 12.2 Å². The molecule has 6 heteroatoms. The molecule has 0 aliphatic carbocycles. The number of carbonyl (C=O) groups excluding carboxylic acids is 2. The minimum Gasteiger partial charge on any atom is -0.466 e. The Labute approximate surface area is 185 Å². The van der Waals surface area contributed by atoms with Crippen LogP contribution in [0.4, 0.5) is 0 Å². The molecule has 0 atom stereocenters. The van der Waals surface area contributed by atoms with Crippen molar-refractivity contribution in [3.63, 3.8) is 0 Å². The number of rotatable bonds is 6. The topological polar surface area (TPSA) is 70.4 Å². The summed E-state index contributed by atoms with van der Waals surface area (Å²) in [6.07, 6.45) is 6.24. The van der Waals surface area contributed by atoms with E-state index in [0.717, 1.165) is 38.8 Å². The molecule has 0 fully saturated rings. The number of pyridine rings is 1. The van der Waals surface area contributed by atoms with Gasteiger partial charge in [0.25, 0.3) is 0 Å². The van der Waals surface area contributed by atoms with E-state index in [4.69, 9.17) is 14.5 Å². The number of hydrogen-bond acceptors (Lipinski definition) is 5. The number of para-hydroxylation sites is 2. The molecule has 0 aliphatic rings. The van der Waals surface area contributed by atoms with Gasteiger partial charge in [-0.1, -0.05) is 42.5 Å². The predicted octanol–water partition coefficient (Wildman–Crippen LogP) is 4.61. The second-order valence-corrected chi connectivity index (χ2v) is 7.15. The maximum Gasteiger partial charge on any atom is 0.330 e. The summed E-state index contributed by atoms with van der Waals surface area (Å²) in [6.45, 7) is 0.484. The fraction of sp³-hybridized carbons (Fsp3) is 0.115. The van der Waals surface area contributed by atoms with E-state index >= 15 is 0 Å². The lowest BCUT2D eigenvalue weighted by Crippen LogP contribution is -2.05. The molecule has 0 amide bonds. The molecule has 0 N–H and O–H groups in total. The van der Waals surface area contributed by atoms with Crippen LogP contribution in [0.1, 0.15) is 17.0 Å². The fourth-order valence-corrected chi connectivity index (χ4v) is 3.62. The molecule has 6 nitrogen and oxygen atoms in total. The quantitative estimate of drug-likeness (QED) is 0.333. The van der Waals surface area contributed by atoms with Crippen molar-refractivity contribution in [2.24, 2.45) is 0 Å². The van der Waals surface area contributed by atoms with Crippen molar-refractivity contribution in [1.82, 2.24) is 9.55 Å². The van der Waals surface area contributed by atoms with Crippen molar-refractivity contribution in [3.05, 3.63) is 89.8 Å². The van der Waals surface area contributed by atoms with Gasteiger partial charge in [0.1, 0.15) is 0 Å². The zero-order valence-corrected chi connectivity index (χ0v) is 17.8. The molecule has 2 aromatic heterocycles. The Morgan fingerprint density at radius 2 is 1.59 bits per heavy atom. The lowest BCUT2D eigenvalue weighted by Gasteiger charge is -2.11. The zero-order chi connectivity index (χ0) is 22.5. The first-order valence-electron chi connectivity index (χ1n) is 10.1. The largest absolute Gasteiger partial charge is 0.466 e. The maximum absolute atomic E-state index is 11.7. The number of methoxy groups -OCH3 is 2. The average molecular weight is 426 g/mol. The minimum atomic E-state index is -0.434. The smallest absolute Gasteiger partial charge is 0.330 e. The SMILES string of the molecule is COC(=O)/C=C/c1cccc2cc(/C=C/C(=O)OC)n(Cc3ccc4ccccc4n3)c12. The monoisotopic (exact) mass is 426 g/mol. The molecule has 0 saturated heterocycles. The molecule has 0 aliphatic heterocycles. The molecule has 0 saturated carbocycles. The average Bonchev–Trinajstić information content (AvgIpc) is 3.18. The van der Waals surface area contributed by atoms with Gasteiger partial charge in [-0.05, 0) is 35.9 Å². The highest BCUT2D eigenvalue weighted by Gasteiger charge is 2.12. The van der Waals surface area contributed by atoms with E-state index in [1.165, 1.54) is 26.4 Å². The van der Waals surface area contributed by atoms with Crippen LogP contribution in [0.25, 0.3) is 34.0 Å². The van der Waals surface area contributed by atoms with Crippen molar-refractivity contribution in [1.29, 1.82) is 0 Å². The Balaban J connectivity index is 1.85. The van der Waals surface area contributed by atoms with Crippen molar-refractivity contribution in [2.45, 2.75) is 6.54 Å². The molecule has 0 spiro atoms. The van der Waals surface area contributed by atoms with E-state index < -0.39 is 11.9 Å². The lowest BCUT2D eigenvalue weighted by atomic mass is 10.1. The first-order chi connectivity index (χ1) is 15.6. The molecular formula is C26H22N2O4. The zero-order valence-electron chi connectivity index (χ0n) is 17.8. The van der Waals surface area contributed by atoms with Crippen LogP contribution in [0.15, 0.2) is 72.8 Å². The summed E-state index contributed by atoms with van der Waals surface area (Å²) in [5.41, 5.74) is 4.39. The number of hydrogen-bond donors (Lipinski definition) is 0. The highest BCUT2D eigenvalue weighted by Crippen LogP contribution is 2.27. The molecule has 0 unspecified atom stereocenters. The standard InChI is InChI=1S/C26H22N2O4/c1-31-24(29)14-11-19-7-5-8-20-16-22(13-15-25(30)32-2)28(26(19)20)17-21-12-10-18-6-3-4-9-23(18)27-21/h3-16H,17H2,1-2H3/b14-11+,15-13+. The predicted molar refractivity (Wildman–Crippen MR) is 125 cm³/mol. The highest BCUT2D eigenvalue weighted by molar-refractivity contribution is 5.96. The summed E-state index contributed by atoms with van der Waals surface area (Å²) in [6, 6.07) is 19.8. The lowest BCUT2D eigenvalue weighted by molar-refractivity contribution is -0.135. The summed E-state index contributed by atoms with van der Waals surface area (Å²) in [7, 11) is 2.69. The van der Waals surface area contributed by atoms with E-state index in [0.29, 0.717) is 6.54 Å². The van der Waals surface area contributed by atoms with Crippen LogP contribution in [0.3, 0.4) is 0 Å². The van der Waals surface area contributed by atoms with E-state index in [-0.39, 0.29) is 0 Å². The summed E-state index contributed by atoms with van der Waals surface area (Å²) in [5.74, 6) is -0.862. The number of esters is 2. The van der Waals surface area contributed by atoms with E-state index in [2.05, 4.69) is 4.57 Å². The van der Waals surface area contributed by atoms with Crippen LogP contribution in [-0.4, -0.2) is 35.7 Å². The van der Waals surface area contributed by atoms with Crippen molar-refractivity contribution < 1.29 is 19.1 Å². The molecule has 2 heterocycles. The summed E-state index contributed by atoms with van der Waals surface area (Å²) >= 11 is 0. The minimum absolute atomic E-state index is 0.429. The molecule has 4 rings (SSSR count). The number of nitrogens with zero attached hydrogens (tertiary/aromatic N) is 2. The number of ether oxygens (including phenoxy) is 2. The van der Waals surface area contributed by atoms with E-state index in [9.17, 15) is 9.59 Å². The Hall–Kier alpha value is -4.19. The summed E-state index contributed by atoms with van der Waals surface area (Å²) in [5, 5.41) is 2.04. The third kappa shape index (κ3) is 4.44. The number of benzene rings is 2. The Bertz CT molecular complexity index is 1370. The summed E-state index contributed by atoms with van der Waals surface area (Å²) < 4.78 is 11.5. The van der Waals surface area contributed by atoms with Gasteiger partial charge in [-0.15, -0.1) is 0 Å². The van der Waals surface area contributed by atoms with Gasteiger partial charge in [0.2, 0.25) is 0 Å². The van der Waals surface area contributed by atoms with Crippen molar-refractivity contribution in [3.8, 4) is 0 Å². The first-order valence-corrected chi connectivity index (χ1v) is 10.1. The summed E-state index contributed by atoms with van der Waals surface area (Å²) in [4.78, 5) is 28.1. The Morgan fingerprint density at radius 3 is 2.38 bits per heavy atom. The van der Waals surface area contributed by atoms with Crippen LogP contribution in [0.5, 0.6) is 0 Å². The molecule has 160 valence electrons. The maximum atomic E-state index is 11.7. The van der Waals surface area contributed by atoms with Crippen LogP contribution in [0.2, 0.25) is 0 Å². The number of carbonyl (C=O) groups is 2. The molecule has 32 heavy (non-hydrogen) atoms. The second-order valence-electron chi connectivity index (χ2n) is 7.15. The van der Waals surface area contributed by atoms with Crippen LogP contribution >= 0.6 is 0 Å². The Morgan fingerprint density at radius 1 is 0.875 bits per heavy atom. The third-order valence-electron chi connectivity index (χ3n) is 5.15. The van der Waals surface area contributed by atoms with Gasteiger partial charge in [-0.3, -0.25) is 4.98 Å². The van der Waals surface area contributed by atoms with Gasteiger partial charge >= 0.3 is 11.9 Å². The normalized spacial score (nSPS) is 11.6. The van der Waals surface area contributed by atoms with Gasteiger partial charge in [0.05, 0.1) is 37.5 Å². The van der Waals surface area contributed by atoms with E-state index in [1.807, 2.05) is 60.7 Å². The van der Waals surface area contributed by atoms with Crippen LogP contribution in [0, 0.1) is 0 Å². The third-order valence-corrected chi connectivity index (χ3v) is 5.15. The van der Waals surface area contributed by atoms with Gasteiger partial charge in [0, 0.05) is 28.6 Å².